The lowest BCUT2D eigenvalue weighted by Gasteiger charge is -2.32. The van der Waals surface area contributed by atoms with Gasteiger partial charge in [0.1, 0.15) is 0 Å². The number of aliphatic hydroxyl groups is 1. The maximum atomic E-state index is 12.7. The Hall–Kier alpha value is -2.04. The molecule has 0 amide bonds. The van der Waals surface area contributed by atoms with Crippen molar-refractivity contribution in [2.75, 3.05) is 13.1 Å². The van der Waals surface area contributed by atoms with Crippen LogP contribution in [0, 0.1) is 5.92 Å². The molecule has 2 aromatic rings. The highest BCUT2D eigenvalue weighted by atomic mass is 16.3. The summed E-state index contributed by atoms with van der Waals surface area (Å²) in [5.74, 6) is 0.281. The average molecular weight is 367 g/mol. The Morgan fingerprint density at radius 3 is 2.63 bits per heavy atom. The van der Waals surface area contributed by atoms with Gasteiger partial charge in [-0.25, -0.2) is 0 Å². The van der Waals surface area contributed by atoms with Gasteiger partial charge < -0.3 is 5.11 Å². The van der Waals surface area contributed by atoms with Crippen LogP contribution in [0.3, 0.4) is 0 Å². The van der Waals surface area contributed by atoms with E-state index in [1.54, 1.807) is 12.4 Å². The maximum absolute atomic E-state index is 12.7. The van der Waals surface area contributed by atoms with E-state index in [-0.39, 0.29) is 11.7 Å². The SMILES string of the molecule is CC(C)(O)CCc1ccc(CN2CCCC(C(=O)c3cccnc3)C2)cc1. The highest BCUT2D eigenvalue weighted by Gasteiger charge is 2.26. The molecule has 4 heteroatoms. The van der Waals surface area contributed by atoms with Gasteiger partial charge in [0.15, 0.2) is 5.78 Å². The normalized spacial score (nSPS) is 18.4. The number of hydrogen-bond acceptors (Lipinski definition) is 4. The second-order valence-corrected chi connectivity index (χ2v) is 8.31. The molecular weight excluding hydrogens is 336 g/mol. The predicted octanol–water partition coefficient (Wildman–Crippen LogP) is 3.88. The molecule has 1 aromatic carbocycles. The molecule has 1 fully saturated rings. The van der Waals surface area contributed by atoms with Gasteiger partial charge in [0.2, 0.25) is 0 Å². The summed E-state index contributed by atoms with van der Waals surface area (Å²) < 4.78 is 0. The minimum Gasteiger partial charge on any atom is -0.390 e. The number of benzene rings is 1. The van der Waals surface area contributed by atoms with Crippen LogP contribution >= 0.6 is 0 Å². The molecular formula is C23H30N2O2. The molecule has 0 bridgehead atoms. The van der Waals surface area contributed by atoms with E-state index in [9.17, 15) is 9.90 Å². The number of aryl methyl sites for hydroxylation is 1. The van der Waals surface area contributed by atoms with Crippen LogP contribution in [0.5, 0.6) is 0 Å². The summed E-state index contributed by atoms with van der Waals surface area (Å²) in [7, 11) is 0. The number of carbonyl (C=O) groups excluding carboxylic acids is 1. The molecule has 0 radical (unpaired) electrons. The second kappa shape index (κ2) is 8.77. The number of hydrogen-bond donors (Lipinski definition) is 1. The van der Waals surface area contributed by atoms with Gasteiger partial charge in [0.05, 0.1) is 5.60 Å². The standard InChI is InChI=1S/C23H30N2O2/c1-23(2,27)12-11-18-7-9-19(10-8-18)16-25-14-4-6-21(17-25)22(26)20-5-3-13-24-15-20/h3,5,7-10,13,15,21,27H,4,6,11-12,14,16-17H2,1-2H3. The van der Waals surface area contributed by atoms with E-state index in [0.29, 0.717) is 0 Å². The third-order valence-electron chi connectivity index (χ3n) is 5.28. The molecule has 1 N–H and O–H groups in total. The number of rotatable bonds is 7. The lowest BCUT2D eigenvalue weighted by atomic mass is 9.90. The van der Waals surface area contributed by atoms with E-state index >= 15 is 0 Å². The summed E-state index contributed by atoms with van der Waals surface area (Å²) in [4.78, 5) is 19.2. The molecule has 1 saturated heterocycles. The zero-order valence-electron chi connectivity index (χ0n) is 16.4. The fourth-order valence-electron chi connectivity index (χ4n) is 3.68. The van der Waals surface area contributed by atoms with Crippen molar-refractivity contribution in [1.82, 2.24) is 9.88 Å². The summed E-state index contributed by atoms with van der Waals surface area (Å²) in [6.07, 6.45) is 7.04. The molecule has 0 aliphatic carbocycles. The van der Waals surface area contributed by atoms with Crippen LogP contribution in [0.25, 0.3) is 0 Å². The van der Waals surface area contributed by atoms with Gasteiger partial charge in [-0.3, -0.25) is 14.7 Å². The quantitative estimate of drug-likeness (QED) is 0.756. The molecule has 144 valence electrons. The zero-order chi connectivity index (χ0) is 19.3. The van der Waals surface area contributed by atoms with Gasteiger partial charge >= 0.3 is 0 Å². The minimum absolute atomic E-state index is 0.0639. The number of Topliss-reactive ketones (excluding diaryl/α,β-unsaturated/α-hetero) is 1. The van der Waals surface area contributed by atoms with Crippen LogP contribution in [-0.4, -0.2) is 39.5 Å². The summed E-state index contributed by atoms with van der Waals surface area (Å²) in [6.45, 7) is 6.43. The predicted molar refractivity (Wildman–Crippen MR) is 108 cm³/mol. The molecule has 0 saturated carbocycles. The Balaban J connectivity index is 1.55. The Kier molecular flexibility index (Phi) is 6.40. The van der Waals surface area contributed by atoms with Crippen molar-refractivity contribution in [1.29, 1.82) is 0 Å². The van der Waals surface area contributed by atoms with Crippen molar-refractivity contribution in [3.8, 4) is 0 Å². The topological polar surface area (TPSA) is 53.4 Å². The molecule has 0 spiro atoms. The van der Waals surface area contributed by atoms with Crippen molar-refractivity contribution in [2.24, 2.45) is 5.92 Å². The van der Waals surface area contributed by atoms with Crippen LogP contribution in [0.4, 0.5) is 0 Å². The van der Waals surface area contributed by atoms with E-state index in [2.05, 4.69) is 34.1 Å². The summed E-state index contributed by atoms with van der Waals surface area (Å²) in [5, 5.41) is 9.86. The summed E-state index contributed by atoms with van der Waals surface area (Å²) in [5.41, 5.74) is 2.63. The van der Waals surface area contributed by atoms with Gasteiger partial charge in [-0.15, -0.1) is 0 Å². The first-order valence-electron chi connectivity index (χ1n) is 9.87. The largest absolute Gasteiger partial charge is 0.390 e. The fourth-order valence-corrected chi connectivity index (χ4v) is 3.68. The monoisotopic (exact) mass is 366 g/mol. The van der Waals surface area contributed by atoms with Crippen molar-refractivity contribution >= 4 is 5.78 Å². The summed E-state index contributed by atoms with van der Waals surface area (Å²) >= 11 is 0. The first-order chi connectivity index (χ1) is 12.9. The number of ketones is 1. The molecule has 27 heavy (non-hydrogen) atoms. The molecule has 1 aliphatic heterocycles. The van der Waals surface area contributed by atoms with Crippen LogP contribution in [0.1, 0.15) is 54.6 Å². The Labute approximate surface area is 162 Å². The number of nitrogens with zero attached hydrogens (tertiary/aromatic N) is 2. The van der Waals surface area contributed by atoms with E-state index in [1.807, 2.05) is 26.0 Å². The van der Waals surface area contributed by atoms with Crippen molar-refractivity contribution in [3.63, 3.8) is 0 Å². The minimum atomic E-state index is -0.623. The first-order valence-corrected chi connectivity index (χ1v) is 9.87. The molecule has 3 rings (SSSR count). The van der Waals surface area contributed by atoms with E-state index in [4.69, 9.17) is 0 Å². The van der Waals surface area contributed by atoms with Gasteiger partial charge in [-0.05, 0) is 69.3 Å². The lowest BCUT2D eigenvalue weighted by Crippen LogP contribution is -2.38. The molecule has 1 aromatic heterocycles. The number of likely N-dealkylation sites (tertiary alicyclic amines) is 1. The molecule has 4 nitrogen and oxygen atoms in total. The molecule has 1 unspecified atom stereocenters. The van der Waals surface area contributed by atoms with Gasteiger partial charge in [-0.1, -0.05) is 24.3 Å². The second-order valence-electron chi connectivity index (χ2n) is 8.31. The van der Waals surface area contributed by atoms with Crippen LogP contribution in [0.15, 0.2) is 48.8 Å². The van der Waals surface area contributed by atoms with Gasteiger partial charge in [0, 0.05) is 37.0 Å². The fraction of sp³-hybridized carbons (Fsp3) is 0.478. The van der Waals surface area contributed by atoms with E-state index in [1.165, 1.54) is 11.1 Å². The molecule has 1 aliphatic rings. The number of carbonyl (C=O) groups is 1. The lowest BCUT2D eigenvalue weighted by molar-refractivity contribution is 0.0713. The third-order valence-corrected chi connectivity index (χ3v) is 5.28. The third kappa shape index (κ3) is 5.98. The molecule has 2 heterocycles. The Bertz CT molecular complexity index is 735. The van der Waals surface area contributed by atoms with Crippen molar-refractivity contribution < 1.29 is 9.90 Å². The van der Waals surface area contributed by atoms with Crippen molar-refractivity contribution in [2.45, 2.75) is 51.7 Å². The van der Waals surface area contributed by atoms with Gasteiger partial charge in [0.25, 0.3) is 0 Å². The van der Waals surface area contributed by atoms with Gasteiger partial charge in [-0.2, -0.15) is 0 Å². The number of pyridine rings is 1. The van der Waals surface area contributed by atoms with Crippen LogP contribution in [-0.2, 0) is 13.0 Å². The smallest absolute Gasteiger partial charge is 0.168 e. The van der Waals surface area contributed by atoms with Crippen molar-refractivity contribution in [3.05, 3.63) is 65.5 Å². The first kappa shape index (κ1) is 19.7. The van der Waals surface area contributed by atoms with E-state index < -0.39 is 5.60 Å². The summed E-state index contributed by atoms with van der Waals surface area (Å²) in [6, 6.07) is 12.3. The zero-order valence-corrected chi connectivity index (χ0v) is 16.4. The number of aromatic nitrogens is 1. The Morgan fingerprint density at radius 1 is 1.22 bits per heavy atom. The molecule has 1 atom stereocenters. The Morgan fingerprint density at radius 2 is 1.96 bits per heavy atom. The maximum Gasteiger partial charge on any atom is 0.168 e. The highest BCUT2D eigenvalue weighted by molar-refractivity contribution is 5.97. The van der Waals surface area contributed by atoms with Crippen LogP contribution < -0.4 is 0 Å². The average Bonchev–Trinajstić information content (AvgIpc) is 2.67. The number of piperidine rings is 1. The van der Waals surface area contributed by atoms with Crippen LogP contribution in [0.2, 0.25) is 0 Å². The highest BCUT2D eigenvalue weighted by Crippen LogP contribution is 2.22. The van der Waals surface area contributed by atoms with E-state index in [0.717, 1.165) is 50.9 Å².